The third-order valence-corrected chi connectivity index (χ3v) is 4.02. The summed E-state index contributed by atoms with van der Waals surface area (Å²) < 4.78 is 4.97. The van der Waals surface area contributed by atoms with E-state index >= 15 is 0 Å². The molecule has 0 unspecified atom stereocenters. The minimum absolute atomic E-state index is 0.0353. The Hall–Kier alpha value is -2.14. The molecule has 22 heavy (non-hydrogen) atoms. The van der Waals surface area contributed by atoms with Gasteiger partial charge in [0.15, 0.2) is 6.61 Å². The van der Waals surface area contributed by atoms with Gasteiger partial charge < -0.3 is 10.1 Å². The fourth-order valence-electron chi connectivity index (χ4n) is 2.01. The highest BCUT2D eigenvalue weighted by Crippen LogP contribution is 2.09. The van der Waals surface area contributed by atoms with Gasteiger partial charge in [-0.3, -0.25) is 4.79 Å². The van der Waals surface area contributed by atoms with E-state index in [-0.39, 0.29) is 18.6 Å². The van der Waals surface area contributed by atoms with Gasteiger partial charge in [0.25, 0.3) is 5.91 Å². The number of carbonyl (C=O) groups excluding carboxylic acids is 2. The molecule has 4 nitrogen and oxygen atoms in total. The summed E-state index contributed by atoms with van der Waals surface area (Å²) in [5, 5.41) is 4.63. The van der Waals surface area contributed by atoms with Crippen molar-refractivity contribution in [1.82, 2.24) is 5.32 Å². The summed E-state index contributed by atoms with van der Waals surface area (Å²) in [6.45, 7) is 1.70. The van der Waals surface area contributed by atoms with E-state index in [4.69, 9.17) is 4.74 Å². The normalized spacial score (nSPS) is 11.7. The van der Waals surface area contributed by atoms with Crippen LogP contribution in [-0.2, 0) is 16.0 Å². The molecule has 1 aromatic carbocycles. The molecule has 0 saturated heterocycles. The predicted molar refractivity (Wildman–Crippen MR) is 87.0 cm³/mol. The van der Waals surface area contributed by atoms with Crippen molar-refractivity contribution in [3.63, 3.8) is 0 Å². The lowest BCUT2D eigenvalue weighted by molar-refractivity contribution is -0.124. The first-order valence-electron chi connectivity index (χ1n) is 7.19. The van der Waals surface area contributed by atoms with Crippen LogP contribution in [0.25, 0.3) is 0 Å². The summed E-state index contributed by atoms with van der Waals surface area (Å²) in [7, 11) is 0. The molecule has 0 radical (unpaired) electrons. The van der Waals surface area contributed by atoms with Gasteiger partial charge in [-0.25, -0.2) is 4.79 Å². The monoisotopic (exact) mass is 317 g/mol. The van der Waals surface area contributed by atoms with E-state index in [1.807, 2.05) is 25.1 Å². The molecule has 0 aliphatic heterocycles. The van der Waals surface area contributed by atoms with E-state index in [1.54, 1.807) is 17.5 Å². The summed E-state index contributed by atoms with van der Waals surface area (Å²) in [6, 6.07) is 13.6. The average molecular weight is 317 g/mol. The van der Waals surface area contributed by atoms with E-state index in [0.717, 1.165) is 12.8 Å². The highest BCUT2D eigenvalue weighted by atomic mass is 32.1. The maximum Gasteiger partial charge on any atom is 0.348 e. The first-order chi connectivity index (χ1) is 10.6. The Morgan fingerprint density at radius 1 is 1.18 bits per heavy atom. The molecule has 0 spiro atoms. The lowest BCUT2D eigenvalue weighted by Gasteiger charge is -2.13. The van der Waals surface area contributed by atoms with Crippen LogP contribution in [0, 0.1) is 0 Å². The van der Waals surface area contributed by atoms with E-state index in [2.05, 4.69) is 17.4 Å². The summed E-state index contributed by atoms with van der Waals surface area (Å²) in [5.74, 6) is -0.729. The van der Waals surface area contributed by atoms with Gasteiger partial charge in [-0.1, -0.05) is 36.4 Å². The third kappa shape index (κ3) is 5.33. The lowest BCUT2D eigenvalue weighted by Crippen LogP contribution is -2.36. The van der Waals surface area contributed by atoms with E-state index < -0.39 is 5.97 Å². The molecule has 116 valence electrons. The molecular formula is C17H19NO3S. The lowest BCUT2D eigenvalue weighted by atomic mass is 10.1. The van der Waals surface area contributed by atoms with Crippen molar-refractivity contribution in [2.75, 3.05) is 6.61 Å². The SMILES string of the molecule is C[C@H](CCc1ccccc1)NC(=O)COC(=O)c1cccs1. The topological polar surface area (TPSA) is 55.4 Å². The smallest absolute Gasteiger partial charge is 0.348 e. The number of rotatable bonds is 7. The van der Waals surface area contributed by atoms with Crippen LogP contribution in [0.5, 0.6) is 0 Å². The number of thiophene rings is 1. The Bertz CT molecular complexity index is 596. The van der Waals surface area contributed by atoms with Crippen molar-refractivity contribution in [1.29, 1.82) is 0 Å². The summed E-state index contributed by atoms with van der Waals surface area (Å²) in [6.07, 6.45) is 1.74. The Kier molecular flexibility index (Phi) is 6.15. The van der Waals surface area contributed by atoms with Crippen molar-refractivity contribution in [2.24, 2.45) is 0 Å². The average Bonchev–Trinajstić information content (AvgIpc) is 3.06. The number of hydrogen-bond donors (Lipinski definition) is 1. The molecule has 0 aliphatic carbocycles. The first-order valence-corrected chi connectivity index (χ1v) is 8.07. The van der Waals surface area contributed by atoms with Crippen LogP contribution < -0.4 is 5.32 Å². The van der Waals surface area contributed by atoms with Gasteiger partial charge in [-0.05, 0) is 36.8 Å². The zero-order valence-corrected chi connectivity index (χ0v) is 13.3. The molecule has 1 heterocycles. The number of benzene rings is 1. The number of nitrogens with one attached hydrogen (secondary N) is 1. The number of amides is 1. The Morgan fingerprint density at radius 3 is 2.64 bits per heavy atom. The minimum Gasteiger partial charge on any atom is -0.451 e. The van der Waals surface area contributed by atoms with Crippen molar-refractivity contribution in [2.45, 2.75) is 25.8 Å². The van der Waals surface area contributed by atoms with Crippen molar-refractivity contribution in [3.8, 4) is 0 Å². The van der Waals surface area contributed by atoms with Crippen LogP contribution >= 0.6 is 11.3 Å². The molecule has 0 saturated carbocycles. The second-order valence-electron chi connectivity index (χ2n) is 5.05. The zero-order valence-electron chi connectivity index (χ0n) is 12.5. The molecule has 1 amide bonds. The van der Waals surface area contributed by atoms with Gasteiger partial charge in [0, 0.05) is 6.04 Å². The van der Waals surface area contributed by atoms with Gasteiger partial charge in [0.2, 0.25) is 0 Å². The number of carbonyl (C=O) groups is 2. The standard InChI is InChI=1S/C17H19NO3S/c1-13(9-10-14-6-3-2-4-7-14)18-16(19)12-21-17(20)15-8-5-11-22-15/h2-8,11,13H,9-10,12H2,1H3,(H,18,19)/t13-/m1/s1. The summed E-state index contributed by atoms with van der Waals surface area (Å²) in [4.78, 5) is 23.9. The fourth-order valence-corrected chi connectivity index (χ4v) is 2.63. The highest BCUT2D eigenvalue weighted by Gasteiger charge is 2.12. The van der Waals surface area contributed by atoms with Crippen LogP contribution in [-0.4, -0.2) is 24.5 Å². The quantitative estimate of drug-likeness (QED) is 0.799. The number of aryl methyl sites for hydroxylation is 1. The molecule has 2 aromatic rings. The zero-order chi connectivity index (χ0) is 15.8. The van der Waals surface area contributed by atoms with E-state index in [1.165, 1.54) is 16.9 Å². The Balaban J connectivity index is 1.67. The maximum atomic E-state index is 11.8. The molecule has 1 atom stereocenters. The second kappa shape index (κ2) is 8.34. The molecule has 1 N–H and O–H groups in total. The number of esters is 1. The van der Waals surface area contributed by atoms with Crippen LogP contribution in [0.3, 0.4) is 0 Å². The van der Waals surface area contributed by atoms with Gasteiger partial charge in [0.1, 0.15) is 4.88 Å². The largest absolute Gasteiger partial charge is 0.451 e. The van der Waals surface area contributed by atoms with Gasteiger partial charge in [-0.15, -0.1) is 11.3 Å². The minimum atomic E-state index is -0.456. The molecule has 0 bridgehead atoms. The molecular weight excluding hydrogens is 298 g/mol. The number of ether oxygens (including phenoxy) is 1. The highest BCUT2D eigenvalue weighted by molar-refractivity contribution is 7.11. The fraction of sp³-hybridized carbons (Fsp3) is 0.294. The van der Waals surface area contributed by atoms with Crippen LogP contribution in [0.2, 0.25) is 0 Å². The third-order valence-electron chi connectivity index (χ3n) is 3.17. The molecule has 1 aromatic heterocycles. The number of hydrogen-bond acceptors (Lipinski definition) is 4. The molecule has 0 fully saturated rings. The van der Waals surface area contributed by atoms with Gasteiger partial charge in [-0.2, -0.15) is 0 Å². The molecule has 0 aliphatic rings. The van der Waals surface area contributed by atoms with Crippen molar-refractivity contribution < 1.29 is 14.3 Å². The van der Waals surface area contributed by atoms with Gasteiger partial charge >= 0.3 is 5.97 Å². The van der Waals surface area contributed by atoms with Crippen molar-refractivity contribution in [3.05, 3.63) is 58.3 Å². The summed E-state index contributed by atoms with van der Waals surface area (Å²) in [5.41, 5.74) is 1.24. The first kappa shape index (κ1) is 16.2. The van der Waals surface area contributed by atoms with Gasteiger partial charge in [0.05, 0.1) is 0 Å². The molecule has 5 heteroatoms. The van der Waals surface area contributed by atoms with Crippen LogP contribution in [0.15, 0.2) is 47.8 Å². The van der Waals surface area contributed by atoms with E-state index in [0.29, 0.717) is 4.88 Å². The Labute approximate surface area is 134 Å². The van der Waals surface area contributed by atoms with Crippen LogP contribution in [0.4, 0.5) is 0 Å². The van der Waals surface area contributed by atoms with E-state index in [9.17, 15) is 9.59 Å². The Morgan fingerprint density at radius 2 is 1.95 bits per heavy atom. The van der Waals surface area contributed by atoms with Crippen molar-refractivity contribution >= 4 is 23.2 Å². The molecule has 2 rings (SSSR count). The maximum absolute atomic E-state index is 11.8. The second-order valence-corrected chi connectivity index (χ2v) is 5.99. The van der Waals surface area contributed by atoms with Crippen LogP contribution in [0.1, 0.15) is 28.6 Å². The predicted octanol–water partition coefficient (Wildman–Crippen LogP) is 3.04. The summed E-state index contributed by atoms with van der Waals surface area (Å²) >= 11 is 1.30.